The maximum absolute atomic E-state index is 13.5. The standard InChI is InChI=1S/C17H24FN5O2.HI/c1-19-16(21-7-9-25-15-13(18)4-2-6-20-15)23-8-3-5-17(12-23)10-14(24)22-11-17;/h2,4,6H,3,5,7-12H2,1H3,(H,19,21)(H,22,24);1H. The smallest absolute Gasteiger partial charge is 0.250 e. The average molecular weight is 477 g/mol. The number of nitrogens with zero attached hydrogens (tertiary/aromatic N) is 3. The minimum absolute atomic E-state index is 0. The van der Waals surface area contributed by atoms with Crippen molar-refractivity contribution in [2.75, 3.05) is 39.8 Å². The minimum Gasteiger partial charge on any atom is -0.474 e. The third-order valence-corrected chi connectivity index (χ3v) is 4.72. The van der Waals surface area contributed by atoms with Crippen LogP contribution >= 0.6 is 24.0 Å². The molecule has 1 aromatic rings. The van der Waals surface area contributed by atoms with Gasteiger partial charge in [0.1, 0.15) is 6.61 Å². The molecule has 1 aromatic heterocycles. The van der Waals surface area contributed by atoms with E-state index in [-0.39, 0.29) is 47.8 Å². The lowest BCUT2D eigenvalue weighted by atomic mass is 9.79. The molecule has 3 heterocycles. The van der Waals surface area contributed by atoms with Crippen molar-refractivity contribution in [3.05, 3.63) is 24.1 Å². The van der Waals surface area contributed by atoms with Gasteiger partial charge in [-0.1, -0.05) is 0 Å². The first-order valence-corrected chi connectivity index (χ1v) is 8.57. The molecule has 1 atom stereocenters. The van der Waals surface area contributed by atoms with E-state index in [0.717, 1.165) is 38.4 Å². The number of pyridine rings is 1. The summed E-state index contributed by atoms with van der Waals surface area (Å²) in [5, 5.41) is 6.19. The van der Waals surface area contributed by atoms with E-state index in [1.54, 1.807) is 7.05 Å². The number of nitrogens with one attached hydrogen (secondary N) is 2. The van der Waals surface area contributed by atoms with Gasteiger partial charge in [0.05, 0.1) is 6.54 Å². The van der Waals surface area contributed by atoms with E-state index < -0.39 is 5.82 Å². The third-order valence-electron chi connectivity index (χ3n) is 4.72. The second-order valence-electron chi connectivity index (χ2n) is 6.59. The zero-order valence-corrected chi connectivity index (χ0v) is 17.2. The molecule has 2 aliphatic heterocycles. The van der Waals surface area contributed by atoms with Crippen LogP contribution in [-0.2, 0) is 4.79 Å². The molecule has 0 radical (unpaired) electrons. The summed E-state index contributed by atoms with van der Waals surface area (Å²) in [5.41, 5.74) is 0.0144. The molecule has 0 bridgehead atoms. The number of rotatable bonds is 4. The van der Waals surface area contributed by atoms with Crippen LogP contribution in [0.15, 0.2) is 23.3 Å². The van der Waals surface area contributed by atoms with Gasteiger partial charge in [0.25, 0.3) is 0 Å². The minimum atomic E-state index is -0.469. The SMILES string of the molecule is CN=C(NCCOc1ncccc1F)N1CCCC2(CNC(=O)C2)C1.I. The first kappa shape index (κ1) is 20.7. The van der Waals surface area contributed by atoms with E-state index in [0.29, 0.717) is 13.0 Å². The summed E-state index contributed by atoms with van der Waals surface area (Å²) < 4.78 is 18.8. The highest BCUT2D eigenvalue weighted by Gasteiger charge is 2.42. The number of carbonyl (C=O) groups is 1. The molecular weight excluding hydrogens is 452 g/mol. The lowest BCUT2D eigenvalue weighted by Crippen LogP contribution is -2.51. The molecule has 7 nitrogen and oxygen atoms in total. The predicted molar refractivity (Wildman–Crippen MR) is 107 cm³/mol. The fourth-order valence-electron chi connectivity index (χ4n) is 3.55. The molecule has 144 valence electrons. The van der Waals surface area contributed by atoms with E-state index in [2.05, 4.69) is 25.5 Å². The predicted octanol–water partition coefficient (Wildman–Crippen LogP) is 1.39. The molecule has 0 aliphatic carbocycles. The van der Waals surface area contributed by atoms with E-state index in [9.17, 15) is 9.18 Å². The summed E-state index contributed by atoms with van der Waals surface area (Å²) in [6.45, 7) is 3.23. The van der Waals surface area contributed by atoms with Crippen LogP contribution in [0, 0.1) is 11.2 Å². The third kappa shape index (κ3) is 4.95. The molecule has 0 aromatic carbocycles. The number of ether oxygens (including phenoxy) is 1. The first-order chi connectivity index (χ1) is 12.1. The van der Waals surface area contributed by atoms with E-state index in [1.807, 2.05) is 0 Å². The summed E-state index contributed by atoms with van der Waals surface area (Å²) in [5.74, 6) is 0.453. The fourth-order valence-corrected chi connectivity index (χ4v) is 3.55. The highest BCUT2D eigenvalue weighted by atomic mass is 127. The maximum Gasteiger partial charge on any atom is 0.250 e. The van der Waals surface area contributed by atoms with Crippen molar-refractivity contribution in [3.8, 4) is 5.88 Å². The second-order valence-corrected chi connectivity index (χ2v) is 6.59. The summed E-state index contributed by atoms with van der Waals surface area (Å²) in [7, 11) is 1.74. The number of carbonyl (C=O) groups excluding carboxylic acids is 1. The van der Waals surface area contributed by atoms with Crippen molar-refractivity contribution in [2.45, 2.75) is 19.3 Å². The van der Waals surface area contributed by atoms with Crippen LogP contribution in [0.1, 0.15) is 19.3 Å². The number of hydrogen-bond acceptors (Lipinski definition) is 4. The molecule has 2 saturated heterocycles. The Labute approximate surface area is 169 Å². The van der Waals surface area contributed by atoms with Crippen molar-refractivity contribution < 1.29 is 13.9 Å². The number of guanidine groups is 1. The maximum atomic E-state index is 13.5. The summed E-state index contributed by atoms with van der Waals surface area (Å²) in [4.78, 5) is 22.0. The van der Waals surface area contributed by atoms with Crippen LogP contribution < -0.4 is 15.4 Å². The van der Waals surface area contributed by atoms with Crippen LogP contribution in [0.25, 0.3) is 0 Å². The Morgan fingerprint density at radius 3 is 3.12 bits per heavy atom. The normalized spacial score (nSPS) is 22.8. The zero-order chi connectivity index (χ0) is 17.7. The zero-order valence-electron chi connectivity index (χ0n) is 14.8. The molecule has 0 saturated carbocycles. The van der Waals surface area contributed by atoms with Gasteiger partial charge in [-0.05, 0) is 25.0 Å². The number of halogens is 2. The van der Waals surface area contributed by atoms with Gasteiger partial charge in [-0.2, -0.15) is 0 Å². The van der Waals surface area contributed by atoms with Gasteiger partial charge in [-0.25, -0.2) is 9.37 Å². The molecular formula is C17H25FIN5O2. The van der Waals surface area contributed by atoms with Crippen molar-refractivity contribution in [2.24, 2.45) is 10.4 Å². The number of aliphatic imine (C=N–C) groups is 1. The van der Waals surface area contributed by atoms with Crippen molar-refractivity contribution in [1.29, 1.82) is 0 Å². The lowest BCUT2D eigenvalue weighted by molar-refractivity contribution is -0.119. The van der Waals surface area contributed by atoms with Crippen LogP contribution in [-0.4, -0.2) is 61.6 Å². The molecule has 1 unspecified atom stereocenters. The summed E-state index contributed by atoms with van der Waals surface area (Å²) in [6.07, 6.45) is 4.17. The number of hydrogen-bond donors (Lipinski definition) is 2. The Bertz CT molecular complexity index is 660. The molecule has 2 fully saturated rings. The van der Waals surface area contributed by atoms with Crippen LogP contribution in [0.2, 0.25) is 0 Å². The average Bonchev–Trinajstić information content (AvgIpc) is 2.96. The van der Waals surface area contributed by atoms with Crippen molar-refractivity contribution >= 4 is 35.8 Å². The number of aromatic nitrogens is 1. The van der Waals surface area contributed by atoms with E-state index in [1.165, 1.54) is 18.3 Å². The van der Waals surface area contributed by atoms with Gasteiger partial charge in [0.2, 0.25) is 11.8 Å². The van der Waals surface area contributed by atoms with E-state index in [4.69, 9.17) is 4.74 Å². The van der Waals surface area contributed by atoms with Gasteiger partial charge < -0.3 is 20.3 Å². The Hall–Kier alpha value is -1.65. The quantitative estimate of drug-likeness (QED) is 0.297. The van der Waals surface area contributed by atoms with Gasteiger partial charge in [-0.15, -0.1) is 24.0 Å². The first-order valence-electron chi connectivity index (χ1n) is 8.57. The topological polar surface area (TPSA) is 78.9 Å². The van der Waals surface area contributed by atoms with Crippen molar-refractivity contribution in [3.63, 3.8) is 0 Å². The fraction of sp³-hybridized carbons (Fsp3) is 0.588. The second kappa shape index (κ2) is 9.33. The van der Waals surface area contributed by atoms with Gasteiger partial charge in [0, 0.05) is 44.7 Å². The molecule has 2 N–H and O–H groups in total. The molecule has 26 heavy (non-hydrogen) atoms. The number of piperidine rings is 1. The number of amides is 1. The van der Waals surface area contributed by atoms with Crippen LogP contribution in [0.5, 0.6) is 5.88 Å². The van der Waals surface area contributed by atoms with Crippen molar-refractivity contribution in [1.82, 2.24) is 20.5 Å². The molecule has 2 aliphatic rings. The lowest BCUT2D eigenvalue weighted by Gasteiger charge is -2.40. The van der Waals surface area contributed by atoms with E-state index >= 15 is 0 Å². The summed E-state index contributed by atoms with van der Waals surface area (Å²) in [6, 6.07) is 2.84. The Morgan fingerprint density at radius 1 is 1.58 bits per heavy atom. The number of likely N-dealkylation sites (tertiary alicyclic amines) is 1. The molecule has 1 spiro atoms. The molecule has 3 rings (SSSR count). The highest BCUT2D eigenvalue weighted by molar-refractivity contribution is 14.0. The van der Waals surface area contributed by atoms with Crippen LogP contribution in [0.3, 0.4) is 0 Å². The molecule has 9 heteroatoms. The van der Waals surface area contributed by atoms with Gasteiger partial charge in [0.15, 0.2) is 11.8 Å². The highest BCUT2D eigenvalue weighted by Crippen LogP contribution is 2.35. The monoisotopic (exact) mass is 477 g/mol. The van der Waals surface area contributed by atoms with Gasteiger partial charge >= 0.3 is 0 Å². The van der Waals surface area contributed by atoms with Gasteiger partial charge in [-0.3, -0.25) is 9.79 Å². The van der Waals surface area contributed by atoms with Crippen LogP contribution in [0.4, 0.5) is 4.39 Å². The molecule has 1 amide bonds. The Kier molecular flexibility index (Phi) is 7.42. The summed E-state index contributed by atoms with van der Waals surface area (Å²) >= 11 is 0. The largest absolute Gasteiger partial charge is 0.474 e. The Balaban J connectivity index is 0.00000243. The Morgan fingerprint density at radius 2 is 2.42 bits per heavy atom.